The zero-order chi connectivity index (χ0) is 17.6. The summed E-state index contributed by atoms with van der Waals surface area (Å²) in [5, 5.41) is 3.96. The average molecular weight is 418 g/mol. The molecule has 6 heteroatoms. The number of carbonyl (C=O) groups is 1. The molecule has 2 aromatic carbocycles. The Labute approximate surface area is 157 Å². The number of hydrogen-bond donors (Lipinski definition) is 1. The number of nitrogens with zero attached hydrogens (tertiary/aromatic N) is 1. The van der Waals surface area contributed by atoms with Crippen molar-refractivity contribution in [2.24, 2.45) is 0 Å². The number of benzene rings is 2. The van der Waals surface area contributed by atoms with E-state index < -0.39 is 0 Å². The lowest BCUT2D eigenvalue weighted by Crippen LogP contribution is -2.29. The maximum absolute atomic E-state index is 12.8. The SMILES string of the molecule is O=C(NCc1ccccc1Cl)c1cn2c3c(cc(Br)cc3c1=O)CC2. The lowest BCUT2D eigenvalue weighted by molar-refractivity contribution is 0.0949. The number of rotatable bonds is 3. The Balaban J connectivity index is 1.71. The second-order valence-electron chi connectivity index (χ2n) is 6.05. The summed E-state index contributed by atoms with van der Waals surface area (Å²) in [7, 11) is 0. The molecule has 3 aromatic rings. The molecule has 1 aliphatic rings. The van der Waals surface area contributed by atoms with Crippen LogP contribution in [0.5, 0.6) is 0 Å². The Morgan fingerprint density at radius 3 is 2.88 bits per heavy atom. The first kappa shape index (κ1) is 16.4. The van der Waals surface area contributed by atoms with Crippen LogP contribution in [-0.2, 0) is 19.5 Å². The molecule has 0 unspecified atom stereocenters. The van der Waals surface area contributed by atoms with Gasteiger partial charge < -0.3 is 9.88 Å². The van der Waals surface area contributed by atoms with Crippen LogP contribution >= 0.6 is 27.5 Å². The second kappa shape index (κ2) is 6.32. The fraction of sp³-hybridized carbons (Fsp3) is 0.158. The first-order valence-electron chi connectivity index (χ1n) is 7.92. The predicted molar refractivity (Wildman–Crippen MR) is 102 cm³/mol. The Hall–Kier alpha value is -2.11. The van der Waals surface area contributed by atoms with E-state index in [1.54, 1.807) is 18.3 Å². The van der Waals surface area contributed by atoms with Gasteiger partial charge in [0.2, 0.25) is 5.43 Å². The molecule has 2 heterocycles. The first-order valence-corrected chi connectivity index (χ1v) is 9.09. The summed E-state index contributed by atoms with van der Waals surface area (Å²) in [6.45, 7) is 1.05. The van der Waals surface area contributed by atoms with Gasteiger partial charge in [-0.05, 0) is 35.7 Å². The van der Waals surface area contributed by atoms with Gasteiger partial charge in [0.25, 0.3) is 5.91 Å². The highest BCUT2D eigenvalue weighted by molar-refractivity contribution is 9.10. The van der Waals surface area contributed by atoms with Gasteiger partial charge in [-0.1, -0.05) is 45.7 Å². The van der Waals surface area contributed by atoms with Gasteiger partial charge in [0.15, 0.2) is 0 Å². The minimum absolute atomic E-state index is 0.158. The molecule has 0 atom stereocenters. The van der Waals surface area contributed by atoms with Crippen molar-refractivity contribution in [1.82, 2.24) is 9.88 Å². The van der Waals surface area contributed by atoms with Gasteiger partial charge in [-0.2, -0.15) is 0 Å². The smallest absolute Gasteiger partial charge is 0.257 e. The summed E-state index contributed by atoms with van der Waals surface area (Å²) >= 11 is 9.56. The molecule has 4 rings (SSSR count). The standard InChI is InChI=1S/C19H14BrClN2O2/c20-13-7-11-5-6-23-10-15(18(24)14(8-13)17(11)23)19(25)22-9-12-3-1-2-4-16(12)21/h1-4,7-8,10H,5-6,9H2,(H,22,25). The van der Waals surface area contributed by atoms with E-state index in [9.17, 15) is 9.59 Å². The molecular weight excluding hydrogens is 404 g/mol. The van der Waals surface area contributed by atoms with Crippen LogP contribution in [-0.4, -0.2) is 10.5 Å². The highest BCUT2D eigenvalue weighted by Gasteiger charge is 2.21. The Kier molecular flexibility index (Phi) is 4.13. The molecule has 0 aliphatic carbocycles. The minimum atomic E-state index is -0.385. The Morgan fingerprint density at radius 2 is 2.08 bits per heavy atom. The monoisotopic (exact) mass is 416 g/mol. The van der Waals surface area contributed by atoms with Crippen molar-refractivity contribution in [3.05, 3.63) is 79.0 Å². The van der Waals surface area contributed by atoms with E-state index in [-0.39, 0.29) is 23.4 Å². The van der Waals surface area contributed by atoms with Gasteiger partial charge in [-0.15, -0.1) is 0 Å². The molecule has 0 radical (unpaired) electrons. The third-order valence-corrected chi connectivity index (χ3v) is 5.31. The fourth-order valence-electron chi connectivity index (χ4n) is 3.27. The number of halogens is 2. The van der Waals surface area contributed by atoms with Crippen molar-refractivity contribution in [3.63, 3.8) is 0 Å². The molecule has 1 amide bonds. The first-order chi connectivity index (χ1) is 12.0. The average Bonchev–Trinajstić information content (AvgIpc) is 3.00. The van der Waals surface area contributed by atoms with Gasteiger partial charge >= 0.3 is 0 Å². The maximum Gasteiger partial charge on any atom is 0.257 e. The largest absolute Gasteiger partial charge is 0.348 e. The van der Waals surface area contributed by atoms with Crippen molar-refractivity contribution in [1.29, 1.82) is 0 Å². The molecule has 0 bridgehead atoms. The van der Waals surface area contributed by atoms with E-state index in [4.69, 9.17) is 11.6 Å². The maximum atomic E-state index is 12.8. The van der Waals surface area contributed by atoms with Crippen LogP contribution in [0.3, 0.4) is 0 Å². The molecule has 0 fully saturated rings. The third kappa shape index (κ3) is 2.87. The van der Waals surface area contributed by atoms with Gasteiger partial charge in [0.05, 0.1) is 5.52 Å². The van der Waals surface area contributed by atoms with Crippen LogP contribution in [0.25, 0.3) is 10.9 Å². The summed E-state index contributed by atoms with van der Waals surface area (Å²) in [5.41, 5.74) is 2.78. The minimum Gasteiger partial charge on any atom is -0.348 e. The molecule has 1 N–H and O–H groups in total. The van der Waals surface area contributed by atoms with Crippen molar-refractivity contribution >= 4 is 44.3 Å². The number of amides is 1. The van der Waals surface area contributed by atoms with E-state index in [1.165, 1.54) is 0 Å². The van der Waals surface area contributed by atoms with Gasteiger partial charge in [0.1, 0.15) is 5.56 Å². The zero-order valence-corrected chi connectivity index (χ0v) is 15.5. The number of nitrogens with one attached hydrogen (secondary N) is 1. The zero-order valence-electron chi connectivity index (χ0n) is 13.2. The predicted octanol–water partition coefficient (Wildman–Crippen LogP) is 3.90. The molecule has 126 valence electrons. The summed E-state index contributed by atoms with van der Waals surface area (Å²) in [4.78, 5) is 25.4. The van der Waals surface area contributed by atoms with Crippen LogP contribution in [0, 0.1) is 0 Å². The number of carbonyl (C=O) groups excluding carboxylic acids is 1. The summed E-state index contributed by atoms with van der Waals surface area (Å²) in [6.07, 6.45) is 2.52. The van der Waals surface area contributed by atoms with E-state index in [1.807, 2.05) is 28.8 Å². The Bertz CT molecular complexity index is 1070. The lowest BCUT2D eigenvalue weighted by Gasteiger charge is -2.10. The van der Waals surface area contributed by atoms with E-state index in [0.717, 1.165) is 34.1 Å². The third-order valence-electron chi connectivity index (χ3n) is 4.48. The second-order valence-corrected chi connectivity index (χ2v) is 7.37. The van der Waals surface area contributed by atoms with Gasteiger partial charge in [0, 0.05) is 34.2 Å². The molecule has 25 heavy (non-hydrogen) atoms. The van der Waals surface area contributed by atoms with Gasteiger partial charge in [-0.25, -0.2) is 0 Å². The molecule has 1 aromatic heterocycles. The lowest BCUT2D eigenvalue weighted by atomic mass is 10.1. The topological polar surface area (TPSA) is 51.1 Å². The summed E-state index contributed by atoms with van der Waals surface area (Å²) in [5.74, 6) is -0.385. The van der Waals surface area contributed by atoms with Crippen molar-refractivity contribution in [2.75, 3.05) is 0 Å². The molecule has 4 nitrogen and oxygen atoms in total. The van der Waals surface area contributed by atoms with Crippen LogP contribution in [0.1, 0.15) is 21.5 Å². The van der Waals surface area contributed by atoms with Crippen molar-refractivity contribution in [2.45, 2.75) is 19.5 Å². The molecule has 0 spiro atoms. The number of aryl methyl sites for hydroxylation is 2. The molecule has 1 aliphatic heterocycles. The molecule has 0 saturated carbocycles. The van der Waals surface area contributed by atoms with Crippen LogP contribution < -0.4 is 10.7 Å². The van der Waals surface area contributed by atoms with E-state index >= 15 is 0 Å². The van der Waals surface area contributed by atoms with Crippen LogP contribution in [0.15, 0.2) is 51.9 Å². The van der Waals surface area contributed by atoms with E-state index in [0.29, 0.717) is 10.4 Å². The molecule has 0 saturated heterocycles. The van der Waals surface area contributed by atoms with Crippen molar-refractivity contribution in [3.8, 4) is 0 Å². The number of hydrogen-bond acceptors (Lipinski definition) is 2. The van der Waals surface area contributed by atoms with Gasteiger partial charge in [-0.3, -0.25) is 9.59 Å². The van der Waals surface area contributed by atoms with Crippen LogP contribution in [0.2, 0.25) is 5.02 Å². The van der Waals surface area contributed by atoms with Crippen LogP contribution in [0.4, 0.5) is 0 Å². The molecular formula is C19H14BrClN2O2. The highest BCUT2D eigenvalue weighted by Crippen LogP contribution is 2.28. The number of pyridine rings is 1. The summed E-state index contributed by atoms with van der Waals surface area (Å²) < 4.78 is 2.84. The van der Waals surface area contributed by atoms with E-state index in [2.05, 4.69) is 21.2 Å². The van der Waals surface area contributed by atoms with Crippen molar-refractivity contribution < 1.29 is 4.79 Å². The highest BCUT2D eigenvalue weighted by atomic mass is 79.9. The fourth-order valence-corrected chi connectivity index (χ4v) is 3.98. The Morgan fingerprint density at radius 1 is 1.28 bits per heavy atom. The summed E-state index contributed by atoms with van der Waals surface area (Å²) in [6, 6.07) is 11.1. The number of aromatic nitrogens is 1. The quantitative estimate of drug-likeness (QED) is 0.702. The normalized spacial score (nSPS) is 12.6.